The van der Waals surface area contributed by atoms with Gasteiger partial charge in [0.15, 0.2) is 0 Å². The molecule has 2 aliphatic rings. The van der Waals surface area contributed by atoms with E-state index in [-0.39, 0.29) is 17.7 Å². The van der Waals surface area contributed by atoms with Crippen LogP contribution in [0.5, 0.6) is 0 Å². The average Bonchev–Trinajstić information content (AvgIpc) is 3.15. The van der Waals surface area contributed by atoms with Gasteiger partial charge in [-0.15, -0.1) is 0 Å². The molecule has 6 heteroatoms. The Labute approximate surface area is 155 Å². The number of amides is 2. The smallest absolute Gasteiger partial charge is 0.229 e. The van der Waals surface area contributed by atoms with Gasteiger partial charge in [0.05, 0.1) is 12.5 Å². The van der Waals surface area contributed by atoms with E-state index in [0.717, 1.165) is 30.9 Å². The first kappa shape index (κ1) is 18.9. The molecule has 0 radical (unpaired) electrons. The maximum atomic E-state index is 12.8. The SMILES string of the molecule is COCCN1CC(C(=O)Nc2ccccc2CN2CCCC2)CCC1=O. The Morgan fingerprint density at radius 3 is 2.81 bits per heavy atom. The Morgan fingerprint density at radius 1 is 1.27 bits per heavy atom. The molecule has 2 saturated heterocycles. The number of hydrogen-bond donors (Lipinski definition) is 1. The van der Waals surface area contributed by atoms with E-state index in [1.165, 1.54) is 12.8 Å². The second-order valence-corrected chi connectivity index (χ2v) is 7.20. The van der Waals surface area contributed by atoms with Crippen LogP contribution in [0.2, 0.25) is 0 Å². The molecule has 0 aromatic heterocycles. The number of carbonyl (C=O) groups excluding carboxylic acids is 2. The summed E-state index contributed by atoms with van der Waals surface area (Å²) < 4.78 is 5.06. The van der Waals surface area contributed by atoms with Crippen molar-refractivity contribution in [3.8, 4) is 0 Å². The molecule has 2 aliphatic heterocycles. The first-order chi connectivity index (χ1) is 12.7. The van der Waals surface area contributed by atoms with Gasteiger partial charge in [0, 0.05) is 38.9 Å². The zero-order chi connectivity index (χ0) is 18.4. The van der Waals surface area contributed by atoms with Gasteiger partial charge in [0.25, 0.3) is 0 Å². The summed E-state index contributed by atoms with van der Waals surface area (Å²) in [4.78, 5) is 29.0. The van der Waals surface area contributed by atoms with E-state index in [9.17, 15) is 9.59 Å². The fraction of sp³-hybridized carbons (Fsp3) is 0.600. The number of carbonyl (C=O) groups is 2. The number of rotatable bonds is 7. The molecule has 2 fully saturated rings. The summed E-state index contributed by atoms with van der Waals surface area (Å²) >= 11 is 0. The Hall–Kier alpha value is -1.92. The van der Waals surface area contributed by atoms with Crippen LogP contribution in [-0.2, 0) is 20.9 Å². The van der Waals surface area contributed by atoms with Gasteiger partial charge < -0.3 is 15.0 Å². The molecular weight excluding hydrogens is 330 g/mol. The van der Waals surface area contributed by atoms with Crippen LogP contribution in [-0.4, -0.2) is 61.5 Å². The minimum absolute atomic E-state index is 0.00814. The molecule has 0 aliphatic carbocycles. The zero-order valence-corrected chi connectivity index (χ0v) is 15.6. The molecule has 1 unspecified atom stereocenters. The average molecular weight is 359 g/mol. The van der Waals surface area contributed by atoms with Crippen molar-refractivity contribution in [1.82, 2.24) is 9.80 Å². The van der Waals surface area contributed by atoms with E-state index >= 15 is 0 Å². The Balaban J connectivity index is 1.61. The third-order valence-corrected chi connectivity index (χ3v) is 5.30. The molecule has 0 spiro atoms. The van der Waals surface area contributed by atoms with Crippen molar-refractivity contribution in [1.29, 1.82) is 0 Å². The van der Waals surface area contributed by atoms with Gasteiger partial charge in [-0.3, -0.25) is 14.5 Å². The van der Waals surface area contributed by atoms with Crippen molar-refractivity contribution in [2.24, 2.45) is 5.92 Å². The molecule has 2 heterocycles. The lowest BCUT2D eigenvalue weighted by molar-refractivity contribution is -0.137. The topological polar surface area (TPSA) is 61.9 Å². The molecule has 1 N–H and O–H groups in total. The quantitative estimate of drug-likeness (QED) is 0.810. The van der Waals surface area contributed by atoms with Crippen LogP contribution in [0.25, 0.3) is 0 Å². The summed E-state index contributed by atoms with van der Waals surface area (Å²) in [6.45, 7) is 4.65. The molecule has 142 valence electrons. The molecule has 0 bridgehead atoms. The number of anilines is 1. The van der Waals surface area contributed by atoms with Gasteiger partial charge in [0.2, 0.25) is 11.8 Å². The minimum Gasteiger partial charge on any atom is -0.383 e. The lowest BCUT2D eigenvalue weighted by atomic mass is 9.96. The van der Waals surface area contributed by atoms with Crippen LogP contribution >= 0.6 is 0 Å². The Morgan fingerprint density at radius 2 is 2.04 bits per heavy atom. The highest BCUT2D eigenvalue weighted by molar-refractivity contribution is 5.94. The second-order valence-electron chi connectivity index (χ2n) is 7.20. The number of methoxy groups -OCH3 is 1. The van der Waals surface area contributed by atoms with Crippen molar-refractivity contribution in [3.63, 3.8) is 0 Å². The Kier molecular flexibility index (Phi) is 6.63. The molecule has 1 aromatic carbocycles. The summed E-state index contributed by atoms with van der Waals surface area (Å²) in [6, 6.07) is 8.04. The summed E-state index contributed by atoms with van der Waals surface area (Å²) in [7, 11) is 1.62. The van der Waals surface area contributed by atoms with Crippen molar-refractivity contribution in [2.45, 2.75) is 32.2 Å². The van der Waals surface area contributed by atoms with Gasteiger partial charge in [-0.05, 0) is 44.0 Å². The van der Waals surface area contributed by atoms with E-state index < -0.39 is 0 Å². The lowest BCUT2D eigenvalue weighted by Crippen LogP contribution is -2.45. The molecule has 1 atom stereocenters. The van der Waals surface area contributed by atoms with Crippen molar-refractivity contribution in [2.75, 3.05) is 45.2 Å². The van der Waals surface area contributed by atoms with Gasteiger partial charge in [-0.25, -0.2) is 0 Å². The highest BCUT2D eigenvalue weighted by atomic mass is 16.5. The monoisotopic (exact) mass is 359 g/mol. The number of benzene rings is 1. The largest absolute Gasteiger partial charge is 0.383 e. The van der Waals surface area contributed by atoms with Crippen LogP contribution in [0.1, 0.15) is 31.2 Å². The van der Waals surface area contributed by atoms with Crippen LogP contribution < -0.4 is 5.32 Å². The first-order valence-corrected chi connectivity index (χ1v) is 9.55. The summed E-state index contributed by atoms with van der Waals surface area (Å²) in [5.41, 5.74) is 2.05. The maximum absolute atomic E-state index is 12.8. The molecule has 2 amide bonds. The minimum atomic E-state index is -0.163. The van der Waals surface area contributed by atoms with Gasteiger partial charge in [-0.1, -0.05) is 18.2 Å². The third-order valence-electron chi connectivity index (χ3n) is 5.30. The number of likely N-dealkylation sites (tertiary alicyclic amines) is 2. The van der Waals surface area contributed by atoms with Crippen LogP contribution in [0, 0.1) is 5.92 Å². The van der Waals surface area contributed by atoms with Crippen molar-refractivity contribution >= 4 is 17.5 Å². The van der Waals surface area contributed by atoms with E-state index in [4.69, 9.17) is 4.74 Å². The van der Waals surface area contributed by atoms with E-state index in [0.29, 0.717) is 32.5 Å². The van der Waals surface area contributed by atoms with E-state index in [2.05, 4.69) is 16.3 Å². The van der Waals surface area contributed by atoms with Crippen LogP contribution in [0.3, 0.4) is 0 Å². The number of nitrogens with one attached hydrogen (secondary N) is 1. The number of nitrogens with zero attached hydrogens (tertiary/aromatic N) is 2. The number of para-hydroxylation sites is 1. The normalized spacial score (nSPS) is 21.2. The molecular formula is C20H29N3O3. The lowest BCUT2D eigenvalue weighted by Gasteiger charge is -2.32. The van der Waals surface area contributed by atoms with E-state index in [1.807, 2.05) is 18.2 Å². The molecule has 3 rings (SSSR count). The standard InChI is InChI=1S/C20H29N3O3/c1-26-13-12-23-15-17(8-9-19(23)24)20(25)21-18-7-3-2-6-16(18)14-22-10-4-5-11-22/h2-3,6-7,17H,4-5,8-15H2,1H3,(H,21,25). The van der Waals surface area contributed by atoms with Gasteiger partial charge >= 0.3 is 0 Å². The predicted octanol–water partition coefficient (Wildman–Crippen LogP) is 2.11. The maximum Gasteiger partial charge on any atom is 0.229 e. The molecule has 1 aromatic rings. The molecule has 6 nitrogen and oxygen atoms in total. The van der Waals surface area contributed by atoms with Gasteiger partial charge in [-0.2, -0.15) is 0 Å². The number of hydrogen-bond acceptors (Lipinski definition) is 4. The van der Waals surface area contributed by atoms with Crippen LogP contribution in [0.4, 0.5) is 5.69 Å². The fourth-order valence-corrected chi connectivity index (χ4v) is 3.74. The summed E-state index contributed by atoms with van der Waals surface area (Å²) in [5.74, 6) is -0.0429. The highest BCUT2D eigenvalue weighted by Crippen LogP contribution is 2.23. The van der Waals surface area contributed by atoms with Gasteiger partial charge in [0.1, 0.15) is 0 Å². The first-order valence-electron chi connectivity index (χ1n) is 9.55. The van der Waals surface area contributed by atoms with E-state index in [1.54, 1.807) is 12.0 Å². The number of ether oxygens (including phenoxy) is 1. The highest BCUT2D eigenvalue weighted by Gasteiger charge is 2.30. The Bertz CT molecular complexity index is 628. The summed E-state index contributed by atoms with van der Waals surface area (Å²) in [5, 5.41) is 3.11. The van der Waals surface area contributed by atoms with Crippen molar-refractivity contribution < 1.29 is 14.3 Å². The van der Waals surface area contributed by atoms with Crippen LogP contribution in [0.15, 0.2) is 24.3 Å². The zero-order valence-electron chi connectivity index (χ0n) is 15.6. The third kappa shape index (κ3) is 4.83. The second kappa shape index (κ2) is 9.14. The fourth-order valence-electron chi connectivity index (χ4n) is 3.74. The predicted molar refractivity (Wildman–Crippen MR) is 101 cm³/mol. The summed E-state index contributed by atoms with van der Waals surface area (Å²) in [6.07, 6.45) is 3.55. The number of piperidine rings is 1. The molecule has 26 heavy (non-hydrogen) atoms. The van der Waals surface area contributed by atoms with Crippen molar-refractivity contribution in [3.05, 3.63) is 29.8 Å². The molecule has 0 saturated carbocycles.